The summed E-state index contributed by atoms with van der Waals surface area (Å²) in [6.07, 6.45) is 5.74. The third kappa shape index (κ3) is 11.4. The molecular formula is C33H39ClN8O3. The number of nitrogens with one attached hydrogen (secondary N) is 3. The van der Waals surface area contributed by atoms with Gasteiger partial charge in [0, 0.05) is 50.5 Å². The van der Waals surface area contributed by atoms with Gasteiger partial charge in [-0.1, -0.05) is 24.3 Å². The molecule has 0 fully saturated rings. The molecule has 0 spiro atoms. The monoisotopic (exact) mass is 630 g/mol. The van der Waals surface area contributed by atoms with Gasteiger partial charge < -0.3 is 21.7 Å². The number of hydrogen-bond acceptors (Lipinski definition) is 8. The number of amides is 3. The van der Waals surface area contributed by atoms with Gasteiger partial charge in [0.15, 0.2) is 0 Å². The molecule has 2 atom stereocenters. The minimum atomic E-state index is -0.679. The van der Waals surface area contributed by atoms with Crippen LogP contribution < -0.4 is 21.7 Å². The molecule has 4 aromatic rings. The number of nitrogens with zero attached hydrogens (tertiary/aromatic N) is 4. The van der Waals surface area contributed by atoms with Crippen LogP contribution >= 0.6 is 12.4 Å². The summed E-state index contributed by atoms with van der Waals surface area (Å²) in [5.74, 6) is -0.917. The van der Waals surface area contributed by atoms with Gasteiger partial charge in [-0.25, -0.2) is 0 Å². The molecule has 3 aromatic heterocycles. The molecule has 45 heavy (non-hydrogen) atoms. The number of carbonyl (C=O) groups excluding carboxylic acids is 3. The van der Waals surface area contributed by atoms with E-state index in [1.54, 1.807) is 38.5 Å². The second-order valence-corrected chi connectivity index (χ2v) is 10.5. The standard InChI is InChI=1S/C33H38N8O3.ClH/c1-23(34)31(42)39-24(2)32(43)37-18-15-25-9-12-27(13-10-25)40-33(44)26-11-14-30(38-19-26)22-41(20-28-7-3-5-16-35-28)21-29-8-4-6-17-36-29;/h3-14,16-17,19,23-24H,15,18,20-22,34H2,1-2H3,(H,37,43)(H,39,42)(H,40,44);1H. The maximum atomic E-state index is 12.9. The van der Waals surface area contributed by atoms with Gasteiger partial charge in [0.1, 0.15) is 6.04 Å². The fraction of sp³-hybridized carbons (Fsp3) is 0.273. The fourth-order valence-corrected chi connectivity index (χ4v) is 4.34. The van der Waals surface area contributed by atoms with Crippen molar-refractivity contribution in [1.82, 2.24) is 30.5 Å². The first-order valence-electron chi connectivity index (χ1n) is 14.5. The molecule has 3 amide bonds. The normalized spacial score (nSPS) is 12.0. The molecule has 5 N–H and O–H groups in total. The van der Waals surface area contributed by atoms with Crippen LogP contribution in [0, 0.1) is 0 Å². The summed E-state index contributed by atoms with van der Waals surface area (Å²) < 4.78 is 0. The number of anilines is 1. The van der Waals surface area contributed by atoms with E-state index in [1.165, 1.54) is 0 Å². The lowest BCUT2D eigenvalue weighted by molar-refractivity contribution is -0.129. The average Bonchev–Trinajstić information content (AvgIpc) is 3.03. The number of carbonyl (C=O) groups is 3. The molecule has 2 unspecified atom stereocenters. The molecule has 0 aliphatic carbocycles. The maximum absolute atomic E-state index is 12.9. The minimum absolute atomic E-state index is 0. The molecule has 4 rings (SSSR count). The van der Waals surface area contributed by atoms with E-state index in [9.17, 15) is 14.4 Å². The summed E-state index contributed by atoms with van der Waals surface area (Å²) in [6.45, 7) is 5.41. The predicted molar refractivity (Wildman–Crippen MR) is 175 cm³/mol. The van der Waals surface area contributed by atoms with Gasteiger partial charge in [-0.3, -0.25) is 34.2 Å². The van der Waals surface area contributed by atoms with Crippen LogP contribution in [0.5, 0.6) is 0 Å². The molecule has 0 aliphatic rings. The summed E-state index contributed by atoms with van der Waals surface area (Å²) in [4.78, 5) is 52.4. The number of hydrogen-bond donors (Lipinski definition) is 4. The van der Waals surface area contributed by atoms with Crippen LogP contribution in [0.4, 0.5) is 5.69 Å². The molecule has 11 nitrogen and oxygen atoms in total. The summed E-state index contributed by atoms with van der Waals surface area (Å²) in [6, 6.07) is 21.4. The van der Waals surface area contributed by atoms with Crippen molar-refractivity contribution in [3.05, 3.63) is 120 Å². The molecule has 0 aliphatic heterocycles. The van der Waals surface area contributed by atoms with Crippen molar-refractivity contribution in [2.45, 2.75) is 52.0 Å². The van der Waals surface area contributed by atoms with Crippen LogP contribution in [-0.2, 0) is 35.6 Å². The summed E-state index contributed by atoms with van der Waals surface area (Å²) >= 11 is 0. The van der Waals surface area contributed by atoms with Gasteiger partial charge in [0.2, 0.25) is 11.8 Å². The lowest BCUT2D eigenvalue weighted by atomic mass is 10.1. The predicted octanol–water partition coefficient (Wildman–Crippen LogP) is 3.26. The van der Waals surface area contributed by atoms with Crippen molar-refractivity contribution < 1.29 is 14.4 Å². The van der Waals surface area contributed by atoms with Gasteiger partial charge >= 0.3 is 0 Å². The molecule has 0 radical (unpaired) electrons. The molecule has 12 heteroatoms. The van der Waals surface area contributed by atoms with Crippen molar-refractivity contribution in [2.75, 3.05) is 11.9 Å². The van der Waals surface area contributed by atoms with E-state index in [2.05, 4.69) is 35.8 Å². The first-order valence-corrected chi connectivity index (χ1v) is 14.5. The molecule has 0 saturated carbocycles. The first kappa shape index (κ1) is 34.8. The van der Waals surface area contributed by atoms with Crippen LogP contribution in [0.3, 0.4) is 0 Å². The van der Waals surface area contributed by atoms with Crippen LogP contribution in [-0.4, -0.2) is 56.2 Å². The zero-order valence-electron chi connectivity index (χ0n) is 25.3. The van der Waals surface area contributed by atoms with E-state index >= 15 is 0 Å². The number of pyridine rings is 3. The third-order valence-corrected chi connectivity index (χ3v) is 6.79. The Balaban J connectivity index is 0.00000552. The van der Waals surface area contributed by atoms with E-state index in [0.717, 1.165) is 22.6 Å². The highest BCUT2D eigenvalue weighted by molar-refractivity contribution is 6.04. The number of nitrogens with two attached hydrogens (primary N) is 1. The van der Waals surface area contributed by atoms with Gasteiger partial charge in [0.25, 0.3) is 5.91 Å². The SMILES string of the molecule is CC(N)C(=O)NC(C)C(=O)NCCc1ccc(NC(=O)c2ccc(CN(Cc3ccccn3)Cc3ccccn3)nc2)cc1.Cl. The van der Waals surface area contributed by atoms with E-state index < -0.39 is 12.1 Å². The van der Waals surface area contributed by atoms with Crippen molar-refractivity contribution in [1.29, 1.82) is 0 Å². The van der Waals surface area contributed by atoms with Gasteiger partial charge in [-0.05, 0) is 74.4 Å². The van der Waals surface area contributed by atoms with Crippen molar-refractivity contribution in [3.63, 3.8) is 0 Å². The van der Waals surface area contributed by atoms with Crippen molar-refractivity contribution in [2.24, 2.45) is 5.73 Å². The fourth-order valence-electron chi connectivity index (χ4n) is 4.34. The highest BCUT2D eigenvalue weighted by Gasteiger charge is 2.17. The average molecular weight is 631 g/mol. The maximum Gasteiger partial charge on any atom is 0.257 e. The highest BCUT2D eigenvalue weighted by Crippen LogP contribution is 2.14. The summed E-state index contributed by atoms with van der Waals surface area (Å²) in [7, 11) is 0. The summed E-state index contributed by atoms with van der Waals surface area (Å²) in [5.41, 5.74) is 10.3. The zero-order valence-corrected chi connectivity index (χ0v) is 26.2. The number of rotatable bonds is 14. The Morgan fingerprint density at radius 3 is 1.89 bits per heavy atom. The van der Waals surface area contributed by atoms with Crippen LogP contribution in [0.25, 0.3) is 0 Å². The molecule has 0 bridgehead atoms. The Hall–Kier alpha value is -4.71. The van der Waals surface area contributed by atoms with Crippen molar-refractivity contribution in [3.8, 4) is 0 Å². The smallest absolute Gasteiger partial charge is 0.257 e. The largest absolute Gasteiger partial charge is 0.354 e. The van der Waals surface area contributed by atoms with E-state index in [1.807, 2.05) is 66.7 Å². The Labute approximate surface area is 269 Å². The number of benzene rings is 1. The Bertz CT molecular complexity index is 1460. The van der Waals surface area contributed by atoms with E-state index in [-0.39, 0.29) is 30.1 Å². The Morgan fingerprint density at radius 1 is 0.778 bits per heavy atom. The number of aromatic nitrogens is 3. The Kier molecular flexibility index (Phi) is 13.6. The molecule has 0 saturated heterocycles. The molecule has 1 aromatic carbocycles. The minimum Gasteiger partial charge on any atom is -0.354 e. The second kappa shape index (κ2) is 17.6. The van der Waals surface area contributed by atoms with Gasteiger partial charge in [0.05, 0.1) is 28.7 Å². The quantitative estimate of drug-likeness (QED) is 0.165. The molecular weight excluding hydrogens is 592 g/mol. The molecule has 236 valence electrons. The van der Waals surface area contributed by atoms with Gasteiger partial charge in [-0.15, -0.1) is 12.4 Å². The second-order valence-electron chi connectivity index (χ2n) is 10.5. The lowest BCUT2D eigenvalue weighted by Crippen LogP contribution is -2.49. The van der Waals surface area contributed by atoms with Crippen molar-refractivity contribution >= 4 is 35.8 Å². The van der Waals surface area contributed by atoms with Gasteiger partial charge in [-0.2, -0.15) is 0 Å². The summed E-state index contributed by atoms with van der Waals surface area (Å²) in [5, 5.41) is 8.27. The topological polar surface area (TPSA) is 155 Å². The highest BCUT2D eigenvalue weighted by atomic mass is 35.5. The van der Waals surface area contributed by atoms with E-state index in [0.29, 0.717) is 43.9 Å². The zero-order chi connectivity index (χ0) is 31.3. The Morgan fingerprint density at radius 2 is 1.38 bits per heavy atom. The number of halogens is 1. The van der Waals surface area contributed by atoms with E-state index in [4.69, 9.17) is 5.73 Å². The van der Waals surface area contributed by atoms with Crippen LogP contribution in [0.1, 0.15) is 46.9 Å². The first-order chi connectivity index (χ1) is 21.3. The van der Waals surface area contributed by atoms with Crippen LogP contribution in [0.15, 0.2) is 91.4 Å². The molecule has 3 heterocycles. The third-order valence-electron chi connectivity index (χ3n) is 6.79. The van der Waals surface area contributed by atoms with Crippen LogP contribution in [0.2, 0.25) is 0 Å². The lowest BCUT2D eigenvalue weighted by Gasteiger charge is -2.21.